The zero-order valence-corrected chi connectivity index (χ0v) is 19.2. The molecule has 0 fully saturated rings. The predicted octanol–water partition coefficient (Wildman–Crippen LogP) is 1.75. The second-order valence-corrected chi connectivity index (χ2v) is 6.76. The number of halogens is 1. The molecule has 0 atom stereocenters. The van der Waals surface area contributed by atoms with Gasteiger partial charge in [0.05, 0.1) is 5.69 Å². The van der Waals surface area contributed by atoms with E-state index in [0.717, 1.165) is 56.1 Å². The molecule has 1 aliphatic rings. The number of guanidine groups is 1. The Morgan fingerprint density at radius 2 is 2.11 bits per heavy atom. The molecule has 0 spiro atoms. The van der Waals surface area contributed by atoms with Gasteiger partial charge >= 0.3 is 5.69 Å². The van der Waals surface area contributed by atoms with E-state index in [4.69, 9.17) is 4.42 Å². The summed E-state index contributed by atoms with van der Waals surface area (Å²) in [4.78, 5) is 21.2. The average Bonchev–Trinajstić information content (AvgIpc) is 3.16. The monoisotopic (exact) mass is 503 g/mol. The standard InChI is InChI=1S/C18H29N7O2.HI/c1-4-19-17(21-12-16-22-13(2)14(3)27-16)20-9-7-11-25-18(26)24-10-6-5-8-15(24)23-25;/h4-12H2,1-3H3,(H2,19,20,21);1H. The lowest BCUT2D eigenvalue weighted by atomic mass is 10.2. The number of oxazole rings is 1. The molecule has 0 saturated carbocycles. The molecule has 156 valence electrons. The fourth-order valence-corrected chi connectivity index (χ4v) is 3.13. The van der Waals surface area contributed by atoms with Crippen molar-refractivity contribution < 1.29 is 4.42 Å². The molecule has 0 amide bonds. The van der Waals surface area contributed by atoms with Crippen LogP contribution in [0.2, 0.25) is 0 Å². The first kappa shape index (κ1) is 22.4. The minimum absolute atomic E-state index is 0. The molecular weight excluding hydrogens is 473 g/mol. The van der Waals surface area contributed by atoms with Gasteiger partial charge in [0.15, 0.2) is 5.96 Å². The number of aromatic nitrogens is 4. The number of hydrogen-bond acceptors (Lipinski definition) is 5. The van der Waals surface area contributed by atoms with Gasteiger partial charge in [0.1, 0.15) is 18.1 Å². The summed E-state index contributed by atoms with van der Waals surface area (Å²) in [7, 11) is 0. The number of hydrogen-bond donors (Lipinski definition) is 2. The molecule has 10 heteroatoms. The molecule has 28 heavy (non-hydrogen) atoms. The summed E-state index contributed by atoms with van der Waals surface area (Å²) in [6.45, 7) is 9.09. The number of nitrogens with one attached hydrogen (secondary N) is 2. The van der Waals surface area contributed by atoms with Gasteiger partial charge in [-0.25, -0.2) is 19.5 Å². The summed E-state index contributed by atoms with van der Waals surface area (Å²) in [6.07, 6.45) is 3.87. The maximum Gasteiger partial charge on any atom is 0.345 e. The Balaban J connectivity index is 0.00000280. The first-order valence-corrected chi connectivity index (χ1v) is 9.70. The largest absolute Gasteiger partial charge is 0.444 e. The summed E-state index contributed by atoms with van der Waals surface area (Å²) in [5.41, 5.74) is 0.909. The molecule has 3 rings (SSSR count). The molecular formula is C18H30IN7O2. The van der Waals surface area contributed by atoms with E-state index >= 15 is 0 Å². The van der Waals surface area contributed by atoms with Crippen LogP contribution < -0.4 is 16.3 Å². The van der Waals surface area contributed by atoms with E-state index < -0.39 is 0 Å². The second-order valence-electron chi connectivity index (χ2n) is 6.76. The van der Waals surface area contributed by atoms with Gasteiger partial charge in [-0.1, -0.05) is 0 Å². The first-order chi connectivity index (χ1) is 13.1. The lowest BCUT2D eigenvalue weighted by molar-refractivity contribution is 0.472. The number of aryl methyl sites for hydroxylation is 4. The minimum atomic E-state index is 0. The number of fused-ring (bicyclic) bond motifs is 1. The van der Waals surface area contributed by atoms with Crippen LogP contribution in [0.15, 0.2) is 14.2 Å². The summed E-state index contributed by atoms with van der Waals surface area (Å²) in [5.74, 6) is 3.07. The molecule has 0 unspecified atom stereocenters. The van der Waals surface area contributed by atoms with Crippen molar-refractivity contribution in [2.24, 2.45) is 4.99 Å². The molecule has 9 nitrogen and oxygen atoms in total. The lowest BCUT2D eigenvalue weighted by Gasteiger charge is -2.10. The van der Waals surface area contributed by atoms with E-state index in [1.165, 1.54) is 0 Å². The summed E-state index contributed by atoms with van der Waals surface area (Å²) >= 11 is 0. The third-order valence-corrected chi connectivity index (χ3v) is 4.66. The van der Waals surface area contributed by atoms with Crippen LogP contribution in [-0.2, 0) is 26.1 Å². The van der Waals surface area contributed by atoms with E-state index in [1.807, 2.05) is 25.3 Å². The van der Waals surface area contributed by atoms with Crippen molar-refractivity contribution in [3.63, 3.8) is 0 Å². The maximum absolute atomic E-state index is 12.3. The van der Waals surface area contributed by atoms with Crippen molar-refractivity contribution >= 4 is 29.9 Å². The Morgan fingerprint density at radius 3 is 2.79 bits per heavy atom. The SMILES string of the molecule is CCNC(=NCc1nc(C)c(C)o1)NCCCn1nc2n(c1=O)CCCC2.I. The van der Waals surface area contributed by atoms with Crippen LogP contribution in [0.4, 0.5) is 0 Å². The molecule has 0 aromatic carbocycles. The Kier molecular flexibility index (Phi) is 8.52. The van der Waals surface area contributed by atoms with Crippen molar-refractivity contribution in [1.82, 2.24) is 30.0 Å². The van der Waals surface area contributed by atoms with Gasteiger partial charge in [0, 0.05) is 32.6 Å². The summed E-state index contributed by atoms with van der Waals surface area (Å²) < 4.78 is 8.95. The van der Waals surface area contributed by atoms with Crippen molar-refractivity contribution in [3.8, 4) is 0 Å². The first-order valence-electron chi connectivity index (χ1n) is 9.70. The fourth-order valence-electron chi connectivity index (χ4n) is 3.13. The average molecular weight is 503 g/mol. The van der Waals surface area contributed by atoms with Gasteiger partial charge in [-0.2, -0.15) is 5.10 Å². The number of rotatable bonds is 7. The van der Waals surface area contributed by atoms with Gasteiger partial charge in [0.2, 0.25) is 5.89 Å². The Hall–Kier alpha value is -1.85. The fraction of sp³-hybridized carbons (Fsp3) is 0.667. The molecule has 0 bridgehead atoms. The second kappa shape index (κ2) is 10.6. The van der Waals surface area contributed by atoms with Crippen molar-refractivity contribution in [3.05, 3.63) is 33.7 Å². The normalized spacial score (nSPS) is 13.8. The van der Waals surface area contributed by atoms with Gasteiger partial charge < -0.3 is 15.1 Å². The Bertz CT molecular complexity index is 833. The molecule has 2 N–H and O–H groups in total. The summed E-state index contributed by atoms with van der Waals surface area (Å²) in [5, 5.41) is 11.0. The third kappa shape index (κ3) is 5.58. The smallest absolute Gasteiger partial charge is 0.345 e. The van der Waals surface area contributed by atoms with Gasteiger partial charge in [-0.15, -0.1) is 24.0 Å². The Labute approximate surface area is 182 Å². The van der Waals surface area contributed by atoms with Crippen LogP contribution in [0.1, 0.15) is 49.4 Å². The quantitative estimate of drug-likeness (QED) is 0.259. The number of aliphatic imine (C=N–C) groups is 1. The van der Waals surface area contributed by atoms with Crippen LogP contribution in [0.3, 0.4) is 0 Å². The molecule has 1 aliphatic heterocycles. The van der Waals surface area contributed by atoms with Crippen LogP contribution >= 0.6 is 24.0 Å². The van der Waals surface area contributed by atoms with Crippen molar-refractivity contribution in [2.45, 2.75) is 66.1 Å². The van der Waals surface area contributed by atoms with E-state index in [1.54, 1.807) is 4.68 Å². The van der Waals surface area contributed by atoms with Crippen molar-refractivity contribution in [1.29, 1.82) is 0 Å². The van der Waals surface area contributed by atoms with Crippen LogP contribution in [0.5, 0.6) is 0 Å². The highest BCUT2D eigenvalue weighted by Gasteiger charge is 2.16. The van der Waals surface area contributed by atoms with E-state index in [2.05, 4.69) is 25.7 Å². The van der Waals surface area contributed by atoms with Crippen LogP contribution in [0, 0.1) is 13.8 Å². The zero-order valence-electron chi connectivity index (χ0n) is 16.8. The van der Waals surface area contributed by atoms with E-state index in [9.17, 15) is 4.79 Å². The molecule has 3 heterocycles. The predicted molar refractivity (Wildman–Crippen MR) is 118 cm³/mol. The molecule has 2 aromatic rings. The zero-order chi connectivity index (χ0) is 19.2. The highest BCUT2D eigenvalue weighted by atomic mass is 127. The molecule has 0 radical (unpaired) electrons. The highest BCUT2D eigenvalue weighted by molar-refractivity contribution is 14.0. The summed E-state index contributed by atoms with van der Waals surface area (Å²) in [6, 6.07) is 0. The van der Waals surface area contributed by atoms with Crippen molar-refractivity contribution in [2.75, 3.05) is 13.1 Å². The molecule has 0 saturated heterocycles. The van der Waals surface area contributed by atoms with E-state index in [-0.39, 0.29) is 29.7 Å². The van der Waals surface area contributed by atoms with E-state index in [0.29, 0.717) is 31.5 Å². The van der Waals surface area contributed by atoms with Gasteiger partial charge in [-0.05, 0) is 40.0 Å². The number of nitrogens with zero attached hydrogens (tertiary/aromatic N) is 5. The van der Waals surface area contributed by atoms with Gasteiger partial charge in [0.25, 0.3) is 0 Å². The molecule has 0 aliphatic carbocycles. The maximum atomic E-state index is 12.3. The van der Waals surface area contributed by atoms with Crippen LogP contribution in [0.25, 0.3) is 0 Å². The highest BCUT2D eigenvalue weighted by Crippen LogP contribution is 2.10. The third-order valence-electron chi connectivity index (χ3n) is 4.66. The lowest BCUT2D eigenvalue weighted by Crippen LogP contribution is -2.38. The molecule has 2 aromatic heterocycles. The Morgan fingerprint density at radius 1 is 1.29 bits per heavy atom. The minimum Gasteiger partial charge on any atom is -0.444 e. The topological polar surface area (TPSA) is 102 Å². The van der Waals surface area contributed by atoms with Gasteiger partial charge in [-0.3, -0.25) is 4.57 Å². The van der Waals surface area contributed by atoms with Crippen LogP contribution in [-0.4, -0.2) is 38.4 Å².